The Morgan fingerprint density at radius 2 is 2.08 bits per heavy atom. The van der Waals surface area contributed by atoms with E-state index < -0.39 is 10.7 Å². The van der Waals surface area contributed by atoms with Crippen LogP contribution in [0.1, 0.15) is 29.2 Å². The number of phenolic OH excluding ortho intramolecular Hbond substituents is 1. The van der Waals surface area contributed by atoms with Crippen molar-refractivity contribution < 1.29 is 14.8 Å². The summed E-state index contributed by atoms with van der Waals surface area (Å²) in [7, 11) is 0. The second-order valence-corrected chi connectivity index (χ2v) is 5.64. The standard InChI is InChI=1S/C18H16N2O4/c21-17-9-5-12(11-16(17)20(23)24)6-10-18(22)19-15-8-7-13-3-1-2-4-14(13)15/h1-6,9-11,15,21H,7-8H2,(H,19,22)/b10-6+. The molecule has 6 heteroatoms. The number of amides is 1. The first-order valence-electron chi connectivity index (χ1n) is 7.58. The van der Waals surface area contributed by atoms with Crippen molar-refractivity contribution in [2.75, 3.05) is 0 Å². The van der Waals surface area contributed by atoms with Gasteiger partial charge in [-0.2, -0.15) is 0 Å². The van der Waals surface area contributed by atoms with E-state index in [0.29, 0.717) is 5.56 Å². The van der Waals surface area contributed by atoms with Gasteiger partial charge in [-0.3, -0.25) is 14.9 Å². The number of benzene rings is 2. The molecule has 0 spiro atoms. The Labute approximate surface area is 138 Å². The van der Waals surface area contributed by atoms with Crippen LogP contribution < -0.4 is 5.32 Å². The van der Waals surface area contributed by atoms with Crippen molar-refractivity contribution in [3.63, 3.8) is 0 Å². The molecule has 1 amide bonds. The molecule has 0 saturated heterocycles. The molecular weight excluding hydrogens is 308 g/mol. The average Bonchev–Trinajstić information content (AvgIpc) is 2.97. The maximum absolute atomic E-state index is 12.1. The smallest absolute Gasteiger partial charge is 0.311 e. The van der Waals surface area contributed by atoms with Crippen molar-refractivity contribution in [1.29, 1.82) is 0 Å². The number of nitro groups is 1. The Hall–Kier alpha value is -3.15. The summed E-state index contributed by atoms with van der Waals surface area (Å²) < 4.78 is 0. The van der Waals surface area contributed by atoms with Gasteiger partial charge >= 0.3 is 5.69 Å². The van der Waals surface area contributed by atoms with E-state index in [2.05, 4.69) is 11.4 Å². The molecule has 0 bridgehead atoms. The van der Waals surface area contributed by atoms with Crippen LogP contribution in [0, 0.1) is 10.1 Å². The van der Waals surface area contributed by atoms with Gasteiger partial charge in [0, 0.05) is 12.1 Å². The third-order valence-corrected chi connectivity index (χ3v) is 4.07. The molecule has 0 fully saturated rings. The Morgan fingerprint density at radius 1 is 1.29 bits per heavy atom. The Balaban J connectivity index is 1.68. The summed E-state index contributed by atoms with van der Waals surface area (Å²) in [6.07, 6.45) is 4.64. The molecule has 1 atom stereocenters. The predicted molar refractivity (Wildman–Crippen MR) is 89.4 cm³/mol. The lowest BCUT2D eigenvalue weighted by Gasteiger charge is -2.12. The number of nitrogens with zero attached hydrogens (tertiary/aromatic N) is 1. The zero-order valence-corrected chi connectivity index (χ0v) is 12.8. The van der Waals surface area contributed by atoms with E-state index >= 15 is 0 Å². The van der Waals surface area contributed by atoms with Crippen LogP contribution in [-0.2, 0) is 11.2 Å². The van der Waals surface area contributed by atoms with E-state index in [0.717, 1.165) is 18.4 Å². The number of carbonyl (C=O) groups excluding carboxylic acids is 1. The van der Waals surface area contributed by atoms with Crippen LogP contribution in [0.5, 0.6) is 5.75 Å². The molecule has 1 aliphatic rings. The number of rotatable bonds is 4. The molecule has 0 aromatic heterocycles. The number of aromatic hydroxyl groups is 1. The van der Waals surface area contributed by atoms with Crippen molar-refractivity contribution in [3.8, 4) is 5.75 Å². The lowest BCUT2D eigenvalue weighted by molar-refractivity contribution is -0.385. The minimum atomic E-state index is -0.664. The van der Waals surface area contributed by atoms with Gasteiger partial charge in [-0.05, 0) is 41.7 Å². The highest BCUT2D eigenvalue weighted by Gasteiger charge is 2.22. The largest absolute Gasteiger partial charge is 0.502 e. The summed E-state index contributed by atoms with van der Waals surface area (Å²) >= 11 is 0. The lowest BCUT2D eigenvalue weighted by Crippen LogP contribution is -2.25. The molecule has 24 heavy (non-hydrogen) atoms. The van der Waals surface area contributed by atoms with Crippen molar-refractivity contribution in [1.82, 2.24) is 5.32 Å². The highest BCUT2D eigenvalue weighted by molar-refractivity contribution is 5.92. The summed E-state index contributed by atoms with van der Waals surface area (Å²) in [5.41, 5.74) is 2.48. The van der Waals surface area contributed by atoms with Gasteiger partial charge in [0.2, 0.25) is 5.91 Å². The Kier molecular flexibility index (Phi) is 4.29. The van der Waals surface area contributed by atoms with Gasteiger partial charge < -0.3 is 10.4 Å². The van der Waals surface area contributed by atoms with Gasteiger partial charge in [0.05, 0.1) is 11.0 Å². The quantitative estimate of drug-likeness (QED) is 0.513. The summed E-state index contributed by atoms with van der Waals surface area (Å²) in [5, 5.41) is 23.2. The van der Waals surface area contributed by atoms with Crippen LogP contribution in [0.25, 0.3) is 6.08 Å². The molecule has 6 nitrogen and oxygen atoms in total. The van der Waals surface area contributed by atoms with Gasteiger partial charge in [0.25, 0.3) is 0 Å². The van der Waals surface area contributed by atoms with Crippen LogP contribution in [0.4, 0.5) is 5.69 Å². The lowest BCUT2D eigenvalue weighted by atomic mass is 10.1. The summed E-state index contributed by atoms with van der Waals surface area (Å²) in [6.45, 7) is 0. The van der Waals surface area contributed by atoms with Gasteiger partial charge in [-0.1, -0.05) is 30.3 Å². The predicted octanol–water partition coefficient (Wildman–Crippen LogP) is 3.12. The van der Waals surface area contributed by atoms with Gasteiger partial charge in [-0.25, -0.2) is 0 Å². The van der Waals surface area contributed by atoms with E-state index in [1.165, 1.54) is 35.9 Å². The fraction of sp³-hybridized carbons (Fsp3) is 0.167. The maximum Gasteiger partial charge on any atom is 0.311 e. The highest BCUT2D eigenvalue weighted by Crippen LogP contribution is 2.30. The van der Waals surface area contributed by atoms with Gasteiger partial charge in [0.1, 0.15) is 0 Å². The molecule has 2 aromatic carbocycles. The molecule has 0 radical (unpaired) electrons. The van der Waals surface area contributed by atoms with Crippen molar-refractivity contribution in [3.05, 3.63) is 75.3 Å². The number of nitro benzene ring substituents is 1. The monoisotopic (exact) mass is 324 g/mol. The molecule has 3 rings (SSSR count). The first-order valence-corrected chi connectivity index (χ1v) is 7.58. The van der Waals surface area contributed by atoms with Crippen LogP contribution in [0.15, 0.2) is 48.5 Å². The number of nitrogens with one attached hydrogen (secondary N) is 1. The molecule has 2 N–H and O–H groups in total. The van der Waals surface area contributed by atoms with Gasteiger partial charge in [0.15, 0.2) is 5.75 Å². The molecule has 2 aromatic rings. The number of hydrogen-bond donors (Lipinski definition) is 2. The van der Waals surface area contributed by atoms with E-state index in [4.69, 9.17) is 0 Å². The molecule has 0 aliphatic heterocycles. The first-order chi connectivity index (χ1) is 11.5. The van der Waals surface area contributed by atoms with Crippen LogP contribution >= 0.6 is 0 Å². The zero-order valence-electron chi connectivity index (χ0n) is 12.8. The van der Waals surface area contributed by atoms with Crippen LogP contribution in [-0.4, -0.2) is 15.9 Å². The van der Waals surface area contributed by atoms with Crippen molar-refractivity contribution >= 4 is 17.7 Å². The van der Waals surface area contributed by atoms with Crippen LogP contribution in [0.2, 0.25) is 0 Å². The molecule has 1 aliphatic carbocycles. The van der Waals surface area contributed by atoms with Crippen molar-refractivity contribution in [2.24, 2.45) is 0 Å². The number of carbonyl (C=O) groups is 1. The van der Waals surface area contributed by atoms with Crippen molar-refractivity contribution in [2.45, 2.75) is 18.9 Å². The van der Waals surface area contributed by atoms with E-state index in [-0.39, 0.29) is 17.6 Å². The van der Waals surface area contributed by atoms with E-state index in [1.807, 2.05) is 18.2 Å². The third kappa shape index (κ3) is 3.27. The molecular formula is C18H16N2O4. The fourth-order valence-electron chi connectivity index (χ4n) is 2.89. The molecule has 122 valence electrons. The second-order valence-electron chi connectivity index (χ2n) is 5.64. The Morgan fingerprint density at radius 3 is 2.88 bits per heavy atom. The minimum Gasteiger partial charge on any atom is -0.502 e. The fourth-order valence-corrected chi connectivity index (χ4v) is 2.89. The second kappa shape index (κ2) is 6.54. The third-order valence-electron chi connectivity index (χ3n) is 4.07. The van der Waals surface area contributed by atoms with E-state index in [1.54, 1.807) is 0 Å². The number of fused-ring (bicyclic) bond motifs is 1. The molecule has 1 unspecified atom stereocenters. The van der Waals surface area contributed by atoms with Gasteiger partial charge in [-0.15, -0.1) is 0 Å². The zero-order chi connectivity index (χ0) is 17.1. The van der Waals surface area contributed by atoms with E-state index in [9.17, 15) is 20.0 Å². The average molecular weight is 324 g/mol. The summed E-state index contributed by atoms with van der Waals surface area (Å²) in [5.74, 6) is -0.656. The number of phenols is 1. The number of hydrogen-bond acceptors (Lipinski definition) is 4. The SMILES string of the molecule is O=C(/C=C/c1ccc(O)c([N+](=O)[O-])c1)NC1CCc2ccccc21. The first kappa shape index (κ1) is 15.7. The topological polar surface area (TPSA) is 92.5 Å². The molecule has 0 heterocycles. The summed E-state index contributed by atoms with van der Waals surface area (Å²) in [4.78, 5) is 22.2. The maximum atomic E-state index is 12.1. The summed E-state index contributed by atoms with van der Waals surface area (Å²) in [6, 6.07) is 12.0. The Bertz CT molecular complexity index is 830. The minimum absolute atomic E-state index is 0.00694. The van der Waals surface area contributed by atoms with Crippen LogP contribution in [0.3, 0.4) is 0 Å². The normalized spacial score (nSPS) is 16.1. The molecule has 0 saturated carbocycles. The highest BCUT2D eigenvalue weighted by atomic mass is 16.6. The number of aryl methyl sites for hydroxylation is 1.